The van der Waals surface area contributed by atoms with Gasteiger partial charge in [-0.15, -0.1) is 0 Å². The molecule has 1 N–H and O–H groups in total. The third-order valence-electron chi connectivity index (χ3n) is 3.15. The molecule has 1 aliphatic heterocycles. The zero-order valence-corrected chi connectivity index (χ0v) is 11.3. The van der Waals surface area contributed by atoms with Crippen molar-refractivity contribution in [1.82, 2.24) is 9.97 Å². The number of nitrogens with zero attached hydrogens (tertiary/aromatic N) is 3. The molecule has 4 nitrogen and oxygen atoms in total. The second-order valence-corrected chi connectivity index (χ2v) is 5.39. The lowest BCUT2D eigenvalue weighted by Gasteiger charge is -2.38. The Hall–Kier alpha value is -0.870. The minimum absolute atomic E-state index is 0.498. The molecule has 17 heavy (non-hydrogen) atoms. The average molecular weight is 256 g/mol. The second kappa shape index (κ2) is 4.42. The molecule has 5 heteroatoms. The number of anilines is 1. The molecule has 94 valence electrons. The van der Waals surface area contributed by atoms with Crippen molar-refractivity contribution in [1.29, 1.82) is 0 Å². The van der Waals surface area contributed by atoms with Crippen molar-refractivity contribution in [2.24, 2.45) is 0 Å². The predicted octanol–water partition coefficient (Wildman–Crippen LogP) is 2.10. The van der Waals surface area contributed by atoms with E-state index in [1.165, 1.54) is 0 Å². The number of hydrogen-bond donors (Lipinski definition) is 1. The Labute approximate surface area is 107 Å². The van der Waals surface area contributed by atoms with Gasteiger partial charge >= 0.3 is 0 Å². The van der Waals surface area contributed by atoms with Gasteiger partial charge in [0.2, 0.25) is 0 Å². The van der Waals surface area contributed by atoms with Gasteiger partial charge in [-0.25, -0.2) is 9.97 Å². The third kappa shape index (κ3) is 2.69. The zero-order chi connectivity index (χ0) is 12.6. The van der Waals surface area contributed by atoms with Gasteiger partial charge in [0.1, 0.15) is 16.8 Å². The molecule has 1 atom stereocenters. The molecule has 0 bridgehead atoms. The monoisotopic (exact) mass is 255 g/mol. The summed E-state index contributed by atoms with van der Waals surface area (Å²) in [4.78, 5) is 10.7. The molecule has 1 aromatic heterocycles. The summed E-state index contributed by atoms with van der Waals surface area (Å²) in [6.07, 6.45) is 1.80. The Kier molecular flexibility index (Phi) is 3.27. The van der Waals surface area contributed by atoms with Crippen molar-refractivity contribution in [3.8, 4) is 0 Å². The molecule has 1 unspecified atom stereocenters. The van der Waals surface area contributed by atoms with Gasteiger partial charge in [-0.1, -0.05) is 11.6 Å². The standard InChI is InChI=1S/C12H18ClN3O/c1-8-10(13)14-9(2)15-11(8)16-6-4-5-12(3,17)7-16/h17H,4-7H2,1-3H3. The van der Waals surface area contributed by atoms with Gasteiger partial charge in [-0.3, -0.25) is 0 Å². The summed E-state index contributed by atoms with van der Waals surface area (Å²) >= 11 is 6.07. The van der Waals surface area contributed by atoms with E-state index < -0.39 is 5.60 Å². The summed E-state index contributed by atoms with van der Waals surface area (Å²) in [6.45, 7) is 7.12. The normalized spacial score (nSPS) is 25.1. The van der Waals surface area contributed by atoms with Crippen LogP contribution in [0.25, 0.3) is 0 Å². The minimum Gasteiger partial charge on any atom is -0.388 e. The Morgan fingerprint density at radius 1 is 1.35 bits per heavy atom. The van der Waals surface area contributed by atoms with E-state index >= 15 is 0 Å². The van der Waals surface area contributed by atoms with Crippen LogP contribution in [0.5, 0.6) is 0 Å². The number of halogens is 1. The lowest BCUT2D eigenvalue weighted by atomic mass is 9.95. The first kappa shape index (κ1) is 12.6. The first-order valence-electron chi connectivity index (χ1n) is 5.87. The molecule has 2 rings (SSSR count). The Bertz CT molecular complexity index is 434. The smallest absolute Gasteiger partial charge is 0.137 e. The molecular formula is C12H18ClN3O. The lowest BCUT2D eigenvalue weighted by molar-refractivity contribution is 0.0446. The van der Waals surface area contributed by atoms with Crippen LogP contribution in [0.4, 0.5) is 5.82 Å². The Morgan fingerprint density at radius 2 is 2.06 bits per heavy atom. The van der Waals surface area contributed by atoms with Crippen LogP contribution in [0.2, 0.25) is 5.15 Å². The van der Waals surface area contributed by atoms with Gasteiger partial charge in [-0.2, -0.15) is 0 Å². The minimum atomic E-state index is -0.643. The maximum Gasteiger partial charge on any atom is 0.137 e. The maximum atomic E-state index is 10.1. The SMILES string of the molecule is Cc1nc(Cl)c(C)c(N2CCCC(C)(O)C2)n1. The lowest BCUT2D eigenvalue weighted by Crippen LogP contribution is -2.46. The predicted molar refractivity (Wildman–Crippen MR) is 68.6 cm³/mol. The van der Waals surface area contributed by atoms with Gasteiger partial charge in [0.05, 0.1) is 5.60 Å². The van der Waals surface area contributed by atoms with Crippen molar-refractivity contribution < 1.29 is 5.11 Å². The second-order valence-electron chi connectivity index (χ2n) is 5.03. The largest absolute Gasteiger partial charge is 0.388 e. The van der Waals surface area contributed by atoms with Gasteiger partial charge in [0.15, 0.2) is 0 Å². The summed E-state index contributed by atoms with van der Waals surface area (Å²) in [5.74, 6) is 1.52. The van der Waals surface area contributed by atoms with E-state index in [4.69, 9.17) is 11.6 Å². The van der Waals surface area contributed by atoms with Crippen LogP contribution in [0, 0.1) is 13.8 Å². The van der Waals surface area contributed by atoms with E-state index in [1.807, 2.05) is 20.8 Å². The van der Waals surface area contributed by atoms with Crippen molar-refractivity contribution >= 4 is 17.4 Å². The number of β-amino-alcohol motifs (C(OH)–C–C–N with tert-alkyl or cyclic N) is 1. The van der Waals surface area contributed by atoms with E-state index in [0.29, 0.717) is 17.5 Å². The zero-order valence-electron chi connectivity index (χ0n) is 10.5. The maximum absolute atomic E-state index is 10.1. The number of aliphatic hydroxyl groups is 1. The summed E-state index contributed by atoms with van der Waals surface area (Å²) < 4.78 is 0. The summed E-state index contributed by atoms with van der Waals surface area (Å²) in [7, 11) is 0. The van der Waals surface area contributed by atoms with Crippen molar-refractivity contribution in [3.63, 3.8) is 0 Å². The quantitative estimate of drug-likeness (QED) is 0.781. The fraction of sp³-hybridized carbons (Fsp3) is 0.667. The molecule has 0 amide bonds. The number of aryl methyl sites for hydroxylation is 1. The van der Waals surface area contributed by atoms with Crippen molar-refractivity contribution in [2.75, 3.05) is 18.0 Å². The molecule has 0 aromatic carbocycles. The molecule has 2 heterocycles. The Morgan fingerprint density at radius 3 is 2.71 bits per heavy atom. The summed E-state index contributed by atoms with van der Waals surface area (Å²) in [5, 5.41) is 10.6. The number of rotatable bonds is 1. The molecule has 1 saturated heterocycles. The van der Waals surface area contributed by atoms with Gasteiger partial charge in [0.25, 0.3) is 0 Å². The van der Waals surface area contributed by atoms with E-state index in [9.17, 15) is 5.11 Å². The van der Waals surface area contributed by atoms with Crippen molar-refractivity contribution in [2.45, 2.75) is 39.2 Å². The van der Waals surface area contributed by atoms with Gasteiger partial charge < -0.3 is 10.0 Å². The molecule has 0 spiro atoms. The van der Waals surface area contributed by atoms with E-state index in [1.54, 1.807) is 0 Å². The fourth-order valence-corrected chi connectivity index (χ4v) is 2.50. The Balaban J connectivity index is 2.34. The van der Waals surface area contributed by atoms with E-state index in [2.05, 4.69) is 14.9 Å². The highest BCUT2D eigenvalue weighted by atomic mass is 35.5. The molecule has 1 aliphatic rings. The molecule has 1 aromatic rings. The third-order valence-corrected chi connectivity index (χ3v) is 3.51. The highest BCUT2D eigenvalue weighted by molar-refractivity contribution is 6.30. The summed E-state index contributed by atoms with van der Waals surface area (Å²) in [6, 6.07) is 0. The van der Waals surface area contributed by atoms with Crippen LogP contribution in [-0.2, 0) is 0 Å². The number of aromatic nitrogens is 2. The highest BCUT2D eigenvalue weighted by Gasteiger charge is 2.30. The van der Waals surface area contributed by atoms with Crippen LogP contribution in [0.15, 0.2) is 0 Å². The van der Waals surface area contributed by atoms with Crippen LogP contribution in [0.1, 0.15) is 31.2 Å². The van der Waals surface area contributed by atoms with Crippen LogP contribution < -0.4 is 4.90 Å². The van der Waals surface area contributed by atoms with Crippen LogP contribution in [-0.4, -0.2) is 33.8 Å². The van der Waals surface area contributed by atoms with Gasteiger partial charge in [-0.05, 0) is 33.6 Å². The van der Waals surface area contributed by atoms with Gasteiger partial charge in [0, 0.05) is 18.7 Å². The number of hydrogen-bond acceptors (Lipinski definition) is 4. The average Bonchev–Trinajstić information content (AvgIpc) is 2.22. The van der Waals surface area contributed by atoms with E-state index in [0.717, 1.165) is 30.8 Å². The molecule has 0 saturated carbocycles. The van der Waals surface area contributed by atoms with E-state index in [-0.39, 0.29) is 0 Å². The highest BCUT2D eigenvalue weighted by Crippen LogP contribution is 2.29. The summed E-state index contributed by atoms with van der Waals surface area (Å²) in [5.41, 5.74) is 0.241. The molecule has 1 fully saturated rings. The van der Waals surface area contributed by atoms with Crippen LogP contribution >= 0.6 is 11.6 Å². The first-order chi connectivity index (χ1) is 7.89. The molecule has 0 aliphatic carbocycles. The first-order valence-corrected chi connectivity index (χ1v) is 6.25. The van der Waals surface area contributed by atoms with Crippen LogP contribution in [0.3, 0.4) is 0 Å². The number of piperidine rings is 1. The van der Waals surface area contributed by atoms with Crippen molar-refractivity contribution in [3.05, 3.63) is 16.5 Å². The fourth-order valence-electron chi connectivity index (χ4n) is 2.29. The topological polar surface area (TPSA) is 49.2 Å². The molecular weight excluding hydrogens is 238 g/mol. The molecule has 0 radical (unpaired) electrons.